The molecule has 1 saturated heterocycles. The number of hydrogen-bond acceptors (Lipinski definition) is 4. The van der Waals surface area contributed by atoms with E-state index in [0.717, 1.165) is 43.8 Å². The Morgan fingerprint density at radius 3 is 2.86 bits per heavy atom. The summed E-state index contributed by atoms with van der Waals surface area (Å²) in [4.78, 5) is 7.01. The van der Waals surface area contributed by atoms with Crippen LogP contribution in [0.25, 0.3) is 5.65 Å². The number of fused-ring (bicyclic) bond motifs is 1. The molecule has 0 spiro atoms. The normalized spacial score (nSPS) is 17.6. The maximum Gasteiger partial charge on any atom is 0.137 e. The number of rotatable bonds is 5. The van der Waals surface area contributed by atoms with E-state index in [1.807, 2.05) is 28.9 Å². The van der Waals surface area contributed by atoms with E-state index in [2.05, 4.69) is 9.88 Å². The standard InChI is InChI=1S/C15H20ClN3O2/c16-12-1-2-15-17-13(11-19(15)9-12)10-18-5-3-14(4-6-18)21-8-7-20/h1-2,9,11,14,20H,3-8,10H2. The van der Waals surface area contributed by atoms with Crippen LogP contribution in [0.4, 0.5) is 0 Å². The number of ether oxygens (including phenoxy) is 1. The maximum absolute atomic E-state index is 8.78. The molecule has 0 amide bonds. The Bertz CT molecular complexity index is 594. The predicted molar refractivity (Wildman–Crippen MR) is 81.5 cm³/mol. The second kappa shape index (κ2) is 6.75. The lowest BCUT2D eigenvalue weighted by Crippen LogP contribution is -2.37. The number of nitrogens with zero attached hydrogens (tertiary/aromatic N) is 3. The van der Waals surface area contributed by atoms with Crippen molar-refractivity contribution in [3.63, 3.8) is 0 Å². The Balaban J connectivity index is 1.56. The Morgan fingerprint density at radius 1 is 1.29 bits per heavy atom. The molecule has 1 fully saturated rings. The largest absolute Gasteiger partial charge is 0.394 e. The van der Waals surface area contributed by atoms with Gasteiger partial charge in [0.2, 0.25) is 0 Å². The van der Waals surface area contributed by atoms with E-state index in [4.69, 9.17) is 21.4 Å². The Morgan fingerprint density at radius 2 is 2.10 bits per heavy atom. The fourth-order valence-electron chi connectivity index (χ4n) is 2.78. The lowest BCUT2D eigenvalue weighted by Gasteiger charge is -2.31. The van der Waals surface area contributed by atoms with Gasteiger partial charge >= 0.3 is 0 Å². The molecular weight excluding hydrogens is 290 g/mol. The van der Waals surface area contributed by atoms with Crippen molar-refractivity contribution in [1.82, 2.24) is 14.3 Å². The van der Waals surface area contributed by atoms with Gasteiger partial charge in [-0.3, -0.25) is 4.90 Å². The van der Waals surface area contributed by atoms with E-state index in [0.29, 0.717) is 11.6 Å². The lowest BCUT2D eigenvalue weighted by atomic mass is 10.1. The summed E-state index contributed by atoms with van der Waals surface area (Å²) in [6.07, 6.45) is 6.23. The first-order valence-electron chi connectivity index (χ1n) is 7.32. The van der Waals surface area contributed by atoms with Gasteiger partial charge in [0.1, 0.15) is 5.65 Å². The highest BCUT2D eigenvalue weighted by atomic mass is 35.5. The summed E-state index contributed by atoms with van der Waals surface area (Å²) in [5, 5.41) is 9.49. The molecule has 0 radical (unpaired) electrons. The fourth-order valence-corrected chi connectivity index (χ4v) is 2.94. The molecule has 0 unspecified atom stereocenters. The topological polar surface area (TPSA) is 50.0 Å². The van der Waals surface area contributed by atoms with Crippen LogP contribution in [-0.4, -0.2) is 51.8 Å². The minimum atomic E-state index is 0.101. The van der Waals surface area contributed by atoms with Crippen LogP contribution in [-0.2, 0) is 11.3 Å². The minimum absolute atomic E-state index is 0.101. The number of hydrogen-bond donors (Lipinski definition) is 1. The molecule has 0 aromatic carbocycles. The molecule has 0 aliphatic carbocycles. The predicted octanol–water partition coefficient (Wildman–Crippen LogP) is 1.96. The quantitative estimate of drug-likeness (QED) is 0.917. The van der Waals surface area contributed by atoms with Gasteiger partial charge in [0.15, 0.2) is 0 Å². The average Bonchev–Trinajstić information content (AvgIpc) is 2.88. The van der Waals surface area contributed by atoms with Gasteiger partial charge in [-0.05, 0) is 25.0 Å². The highest BCUT2D eigenvalue weighted by molar-refractivity contribution is 6.30. The number of aliphatic hydroxyl groups excluding tert-OH is 1. The maximum atomic E-state index is 8.78. The van der Waals surface area contributed by atoms with E-state index >= 15 is 0 Å². The first-order chi connectivity index (χ1) is 10.2. The third kappa shape index (κ3) is 3.74. The summed E-state index contributed by atoms with van der Waals surface area (Å²) < 4.78 is 7.55. The lowest BCUT2D eigenvalue weighted by molar-refractivity contribution is -0.00916. The number of halogens is 1. The van der Waals surface area contributed by atoms with E-state index in [-0.39, 0.29) is 12.7 Å². The molecule has 1 aliphatic heterocycles. The zero-order valence-electron chi connectivity index (χ0n) is 11.9. The van der Waals surface area contributed by atoms with Gasteiger partial charge in [0.25, 0.3) is 0 Å². The van der Waals surface area contributed by atoms with Crippen molar-refractivity contribution in [2.75, 3.05) is 26.3 Å². The molecule has 5 nitrogen and oxygen atoms in total. The number of imidazole rings is 1. The van der Waals surface area contributed by atoms with Crippen LogP contribution in [0.15, 0.2) is 24.5 Å². The van der Waals surface area contributed by atoms with Crippen molar-refractivity contribution in [3.05, 3.63) is 35.2 Å². The van der Waals surface area contributed by atoms with Gasteiger partial charge in [0.05, 0.1) is 30.0 Å². The molecule has 0 atom stereocenters. The molecule has 114 valence electrons. The third-order valence-electron chi connectivity index (χ3n) is 3.83. The van der Waals surface area contributed by atoms with E-state index in [1.165, 1.54) is 0 Å². The highest BCUT2D eigenvalue weighted by Crippen LogP contribution is 2.17. The summed E-state index contributed by atoms with van der Waals surface area (Å²) >= 11 is 5.99. The van der Waals surface area contributed by atoms with Crippen molar-refractivity contribution in [2.24, 2.45) is 0 Å². The summed E-state index contributed by atoms with van der Waals surface area (Å²) in [5.74, 6) is 0. The minimum Gasteiger partial charge on any atom is -0.394 e. The molecule has 1 N–H and O–H groups in total. The van der Waals surface area contributed by atoms with Crippen LogP contribution in [0.5, 0.6) is 0 Å². The summed E-state index contributed by atoms with van der Waals surface area (Å²) in [6.45, 7) is 3.41. The van der Waals surface area contributed by atoms with Crippen molar-refractivity contribution >= 4 is 17.2 Å². The molecule has 6 heteroatoms. The van der Waals surface area contributed by atoms with Crippen LogP contribution in [0.3, 0.4) is 0 Å². The monoisotopic (exact) mass is 309 g/mol. The Hall–Kier alpha value is -1.14. The van der Waals surface area contributed by atoms with Gasteiger partial charge in [-0.25, -0.2) is 4.98 Å². The summed E-state index contributed by atoms with van der Waals surface area (Å²) in [7, 11) is 0. The van der Waals surface area contributed by atoms with Crippen LogP contribution in [0.1, 0.15) is 18.5 Å². The zero-order chi connectivity index (χ0) is 14.7. The molecule has 0 saturated carbocycles. The van der Waals surface area contributed by atoms with Gasteiger partial charge in [-0.15, -0.1) is 0 Å². The average molecular weight is 310 g/mol. The highest BCUT2D eigenvalue weighted by Gasteiger charge is 2.20. The second-order valence-corrected chi connectivity index (χ2v) is 5.85. The molecule has 21 heavy (non-hydrogen) atoms. The zero-order valence-corrected chi connectivity index (χ0v) is 12.7. The second-order valence-electron chi connectivity index (χ2n) is 5.41. The van der Waals surface area contributed by atoms with Crippen molar-refractivity contribution in [3.8, 4) is 0 Å². The summed E-state index contributed by atoms with van der Waals surface area (Å²) in [5.41, 5.74) is 1.99. The van der Waals surface area contributed by atoms with E-state index in [9.17, 15) is 0 Å². The molecule has 1 aliphatic rings. The number of piperidine rings is 1. The Kier molecular flexibility index (Phi) is 4.75. The number of aliphatic hydroxyl groups is 1. The Labute approximate surface area is 129 Å². The van der Waals surface area contributed by atoms with Gasteiger partial charge < -0.3 is 14.2 Å². The first kappa shape index (κ1) is 14.8. The molecule has 2 aromatic heterocycles. The molecule has 2 aromatic rings. The molecular formula is C15H20ClN3O2. The summed E-state index contributed by atoms with van der Waals surface area (Å²) in [6, 6.07) is 3.79. The fraction of sp³-hybridized carbons (Fsp3) is 0.533. The van der Waals surface area contributed by atoms with Crippen LogP contribution >= 0.6 is 11.6 Å². The van der Waals surface area contributed by atoms with Gasteiger partial charge in [-0.2, -0.15) is 0 Å². The molecule has 0 bridgehead atoms. The van der Waals surface area contributed by atoms with Crippen LogP contribution in [0.2, 0.25) is 5.02 Å². The number of pyridine rings is 1. The van der Waals surface area contributed by atoms with E-state index < -0.39 is 0 Å². The van der Waals surface area contributed by atoms with Crippen LogP contribution < -0.4 is 0 Å². The smallest absolute Gasteiger partial charge is 0.137 e. The van der Waals surface area contributed by atoms with Gasteiger partial charge in [-0.1, -0.05) is 11.6 Å². The SMILES string of the molecule is OCCOC1CCN(Cc2cn3cc(Cl)ccc3n2)CC1. The number of likely N-dealkylation sites (tertiary alicyclic amines) is 1. The van der Waals surface area contributed by atoms with Gasteiger partial charge in [0, 0.05) is 32.0 Å². The van der Waals surface area contributed by atoms with Crippen molar-refractivity contribution < 1.29 is 9.84 Å². The molecule has 3 heterocycles. The first-order valence-corrected chi connectivity index (χ1v) is 7.70. The van der Waals surface area contributed by atoms with E-state index in [1.54, 1.807) is 0 Å². The van der Waals surface area contributed by atoms with Crippen molar-refractivity contribution in [1.29, 1.82) is 0 Å². The number of aromatic nitrogens is 2. The van der Waals surface area contributed by atoms with Crippen LogP contribution in [0, 0.1) is 0 Å². The third-order valence-corrected chi connectivity index (χ3v) is 4.05. The van der Waals surface area contributed by atoms with Crippen molar-refractivity contribution in [2.45, 2.75) is 25.5 Å². The molecule has 3 rings (SSSR count).